The minimum atomic E-state index is -1.18. The van der Waals surface area contributed by atoms with Gasteiger partial charge in [-0.05, 0) is 59.9 Å². The van der Waals surface area contributed by atoms with E-state index in [1.165, 1.54) is 0 Å². The van der Waals surface area contributed by atoms with Gasteiger partial charge >= 0.3 is 6.09 Å². The van der Waals surface area contributed by atoms with Crippen LogP contribution < -0.4 is 5.32 Å². The van der Waals surface area contributed by atoms with Crippen LogP contribution in [0.15, 0.2) is 30.3 Å². The number of halogens is 1. The number of amides is 1. The molecule has 0 aromatic heterocycles. The molecule has 0 spiro atoms. The topological polar surface area (TPSA) is 41.6 Å². The number of nitrogens with one attached hydrogen (secondary N) is 1. The van der Waals surface area contributed by atoms with Crippen LogP contribution in [0.4, 0.5) is 9.18 Å². The Morgan fingerprint density at radius 3 is 2.39 bits per heavy atom. The molecule has 158 valence electrons. The summed E-state index contributed by atoms with van der Waals surface area (Å²) in [4.78, 5) is 14.7. The lowest BCUT2D eigenvalue weighted by Gasteiger charge is -2.57. The Labute approximate surface area is 169 Å². The fourth-order valence-corrected chi connectivity index (χ4v) is 4.52. The van der Waals surface area contributed by atoms with E-state index in [9.17, 15) is 4.79 Å². The van der Waals surface area contributed by atoms with Gasteiger partial charge in [0.25, 0.3) is 0 Å². The van der Waals surface area contributed by atoms with Crippen LogP contribution in [0.25, 0.3) is 0 Å². The molecule has 3 atom stereocenters. The zero-order chi connectivity index (χ0) is 21.2. The van der Waals surface area contributed by atoms with Crippen molar-refractivity contribution in [2.45, 2.75) is 103 Å². The Morgan fingerprint density at radius 2 is 1.86 bits per heavy atom. The number of rotatable bonds is 5. The highest BCUT2D eigenvalue weighted by Crippen LogP contribution is 2.43. The first-order valence-corrected chi connectivity index (χ1v) is 10.4. The molecule has 0 saturated carbocycles. The number of carbonyl (C=O) groups excluding carboxylic acids is 1. The van der Waals surface area contributed by atoms with E-state index in [4.69, 9.17) is 4.74 Å². The normalized spacial score (nSPS) is 27.5. The van der Waals surface area contributed by atoms with E-state index in [1.807, 2.05) is 78.8 Å². The minimum Gasteiger partial charge on any atom is -0.444 e. The van der Waals surface area contributed by atoms with Crippen LogP contribution in [0.5, 0.6) is 0 Å². The molecular weight excluding hydrogens is 355 g/mol. The molecule has 1 aliphatic heterocycles. The quantitative estimate of drug-likeness (QED) is 0.723. The molecule has 0 unspecified atom stereocenters. The molecular formula is C23H37FN2O2. The summed E-state index contributed by atoms with van der Waals surface area (Å²) in [6.07, 6.45) is 0.284. The van der Waals surface area contributed by atoms with Gasteiger partial charge in [-0.25, -0.2) is 9.18 Å². The van der Waals surface area contributed by atoms with Crippen LogP contribution >= 0.6 is 0 Å². The minimum absolute atomic E-state index is 0.328. The molecule has 1 aromatic rings. The fourth-order valence-electron chi connectivity index (χ4n) is 4.52. The van der Waals surface area contributed by atoms with Gasteiger partial charge in [0.2, 0.25) is 0 Å². The maximum Gasteiger partial charge on any atom is 0.411 e. The molecule has 28 heavy (non-hydrogen) atoms. The molecule has 1 amide bonds. The lowest BCUT2D eigenvalue weighted by atomic mass is 9.73. The van der Waals surface area contributed by atoms with Gasteiger partial charge < -0.3 is 10.1 Å². The molecule has 0 aliphatic carbocycles. The number of benzene rings is 1. The molecule has 5 heteroatoms. The first-order chi connectivity index (χ1) is 12.9. The Hall–Kier alpha value is -1.62. The fraction of sp³-hybridized carbons (Fsp3) is 0.696. The van der Waals surface area contributed by atoms with Crippen molar-refractivity contribution in [2.75, 3.05) is 0 Å². The third-order valence-corrected chi connectivity index (χ3v) is 5.53. The predicted molar refractivity (Wildman–Crippen MR) is 112 cm³/mol. The maximum absolute atomic E-state index is 15.9. The van der Waals surface area contributed by atoms with Gasteiger partial charge in [0, 0.05) is 18.1 Å². The molecule has 2 rings (SSSR count). The van der Waals surface area contributed by atoms with E-state index in [2.05, 4.69) is 5.32 Å². The zero-order valence-electron chi connectivity index (χ0n) is 18.5. The average molecular weight is 393 g/mol. The SMILES string of the molecule is CCC[C@@]1(C)[C@H](F)[C@H](NCc2ccccc2)CC(C)(C)N1C(=O)OC(C)(C)C. The molecule has 1 aliphatic rings. The van der Waals surface area contributed by atoms with Gasteiger partial charge in [0.1, 0.15) is 11.8 Å². The third kappa shape index (κ3) is 5.05. The van der Waals surface area contributed by atoms with Crippen LogP contribution in [0.2, 0.25) is 0 Å². The summed E-state index contributed by atoms with van der Waals surface area (Å²) >= 11 is 0. The van der Waals surface area contributed by atoms with E-state index in [1.54, 1.807) is 4.90 Å². The lowest BCUT2D eigenvalue weighted by Crippen LogP contribution is -2.72. The van der Waals surface area contributed by atoms with E-state index >= 15 is 4.39 Å². The second kappa shape index (κ2) is 8.40. The van der Waals surface area contributed by atoms with Crippen molar-refractivity contribution in [3.8, 4) is 0 Å². The number of piperidine rings is 1. The average Bonchev–Trinajstić information content (AvgIpc) is 2.56. The first-order valence-electron chi connectivity index (χ1n) is 10.4. The molecule has 1 fully saturated rings. The molecule has 0 bridgehead atoms. The van der Waals surface area contributed by atoms with Crippen molar-refractivity contribution in [1.29, 1.82) is 0 Å². The predicted octanol–water partition coefficient (Wildman–Crippen LogP) is 5.46. The zero-order valence-corrected chi connectivity index (χ0v) is 18.5. The van der Waals surface area contributed by atoms with Gasteiger partial charge in [-0.2, -0.15) is 0 Å². The summed E-state index contributed by atoms with van der Waals surface area (Å²) in [6, 6.07) is 9.69. The molecule has 1 aromatic carbocycles. The van der Waals surface area contributed by atoms with E-state index in [-0.39, 0.29) is 6.04 Å². The highest BCUT2D eigenvalue weighted by atomic mass is 19.1. The third-order valence-electron chi connectivity index (χ3n) is 5.53. The van der Waals surface area contributed by atoms with Crippen molar-refractivity contribution >= 4 is 6.09 Å². The number of ether oxygens (including phenoxy) is 1. The number of hydrogen-bond donors (Lipinski definition) is 1. The van der Waals surface area contributed by atoms with Crippen molar-refractivity contribution in [3.05, 3.63) is 35.9 Å². The molecule has 1 heterocycles. The largest absolute Gasteiger partial charge is 0.444 e. The maximum atomic E-state index is 15.9. The van der Waals surface area contributed by atoms with Crippen molar-refractivity contribution in [1.82, 2.24) is 10.2 Å². The second-order valence-electron chi connectivity index (χ2n) is 9.81. The molecule has 0 radical (unpaired) electrons. The summed E-state index contributed by atoms with van der Waals surface area (Å²) < 4.78 is 21.5. The van der Waals surface area contributed by atoms with Crippen LogP contribution in [0.3, 0.4) is 0 Å². The number of carbonyl (C=O) groups is 1. The van der Waals surface area contributed by atoms with Crippen molar-refractivity contribution < 1.29 is 13.9 Å². The monoisotopic (exact) mass is 392 g/mol. The van der Waals surface area contributed by atoms with Gasteiger partial charge in [0.05, 0.1) is 5.54 Å². The summed E-state index contributed by atoms with van der Waals surface area (Å²) in [6.45, 7) is 14.0. The Kier molecular flexibility index (Phi) is 6.80. The van der Waals surface area contributed by atoms with Gasteiger partial charge in [-0.1, -0.05) is 43.7 Å². The first kappa shape index (κ1) is 22.7. The number of alkyl halides is 1. The van der Waals surface area contributed by atoms with E-state index < -0.39 is 28.9 Å². The van der Waals surface area contributed by atoms with Crippen LogP contribution in [-0.4, -0.2) is 39.9 Å². The van der Waals surface area contributed by atoms with Crippen molar-refractivity contribution in [2.24, 2.45) is 0 Å². The summed E-state index contributed by atoms with van der Waals surface area (Å²) in [5.41, 5.74) is -0.940. The van der Waals surface area contributed by atoms with Gasteiger partial charge in [0.15, 0.2) is 0 Å². The Morgan fingerprint density at radius 1 is 1.25 bits per heavy atom. The Balaban J connectivity index is 2.28. The standard InChI is InChI=1S/C23H37FN2O2/c1-8-14-23(7)19(24)18(25-16-17-12-10-9-11-13-17)15-22(5,6)26(23)20(27)28-21(2,3)4/h9-13,18-19,25H,8,14-16H2,1-7H3/t18-,19-,23+/m1/s1. The highest BCUT2D eigenvalue weighted by Gasteiger charge is 2.57. The second-order valence-corrected chi connectivity index (χ2v) is 9.81. The Bertz CT molecular complexity index is 656. The number of nitrogens with zero attached hydrogens (tertiary/aromatic N) is 1. The smallest absolute Gasteiger partial charge is 0.411 e. The summed E-state index contributed by atoms with van der Waals surface area (Å²) in [5.74, 6) is 0. The van der Waals surface area contributed by atoms with E-state index in [0.717, 1.165) is 12.0 Å². The van der Waals surface area contributed by atoms with Crippen LogP contribution in [-0.2, 0) is 11.3 Å². The van der Waals surface area contributed by atoms with Crippen LogP contribution in [0.1, 0.15) is 73.3 Å². The highest BCUT2D eigenvalue weighted by molar-refractivity contribution is 5.71. The number of likely N-dealkylation sites (tertiary alicyclic amines) is 1. The van der Waals surface area contributed by atoms with E-state index in [0.29, 0.717) is 19.4 Å². The molecule has 1 saturated heterocycles. The van der Waals surface area contributed by atoms with Crippen LogP contribution in [0, 0.1) is 0 Å². The number of hydrogen-bond acceptors (Lipinski definition) is 3. The molecule has 1 N–H and O–H groups in total. The lowest BCUT2D eigenvalue weighted by molar-refractivity contribution is -0.104. The summed E-state index contributed by atoms with van der Waals surface area (Å²) in [5, 5.41) is 3.41. The molecule has 4 nitrogen and oxygen atoms in total. The van der Waals surface area contributed by atoms with Gasteiger partial charge in [-0.15, -0.1) is 0 Å². The summed E-state index contributed by atoms with van der Waals surface area (Å²) in [7, 11) is 0. The van der Waals surface area contributed by atoms with Gasteiger partial charge in [-0.3, -0.25) is 4.90 Å². The van der Waals surface area contributed by atoms with Crippen molar-refractivity contribution in [3.63, 3.8) is 0 Å².